The van der Waals surface area contributed by atoms with E-state index in [0.717, 1.165) is 22.9 Å². The Labute approximate surface area is 156 Å². The van der Waals surface area contributed by atoms with Crippen molar-refractivity contribution in [2.24, 2.45) is 5.92 Å². The molecule has 3 rings (SSSR count). The number of aryl methyl sites for hydroxylation is 1. The largest absolute Gasteiger partial charge is 0.322 e. The number of hydrogen-bond donors (Lipinski definition) is 2. The highest BCUT2D eigenvalue weighted by atomic mass is 79.9. The molecule has 1 amide bonds. The van der Waals surface area contributed by atoms with Crippen LogP contribution in [0.4, 0.5) is 5.69 Å². The highest BCUT2D eigenvalue weighted by Crippen LogP contribution is 2.28. The van der Waals surface area contributed by atoms with Gasteiger partial charge in [-0.3, -0.25) is 4.79 Å². The molecule has 0 saturated heterocycles. The lowest BCUT2D eigenvalue weighted by atomic mass is 10.2. The fourth-order valence-electron chi connectivity index (χ4n) is 2.36. The molecule has 1 fully saturated rings. The first kappa shape index (κ1) is 18.1. The molecule has 0 spiro atoms. The molecule has 2 aromatic carbocycles. The van der Waals surface area contributed by atoms with Gasteiger partial charge < -0.3 is 5.32 Å². The molecule has 2 N–H and O–H groups in total. The fraction of sp³-hybridized carbons (Fsp3) is 0.278. The summed E-state index contributed by atoms with van der Waals surface area (Å²) in [4.78, 5) is 12.5. The van der Waals surface area contributed by atoms with Crippen molar-refractivity contribution in [3.8, 4) is 0 Å². The number of anilines is 1. The summed E-state index contributed by atoms with van der Waals surface area (Å²) in [6, 6.07) is 11.6. The van der Waals surface area contributed by atoms with Gasteiger partial charge in [0.25, 0.3) is 5.91 Å². The van der Waals surface area contributed by atoms with Gasteiger partial charge >= 0.3 is 0 Å². The van der Waals surface area contributed by atoms with Gasteiger partial charge in [-0.1, -0.05) is 22.0 Å². The lowest BCUT2D eigenvalue weighted by Crippen LogP contribution is -2.26. The molecule has 1 saturated carbocycles. The summed E-state index contributed by atoms with van der Waals surface area (Å²) < 4.78 is 28.2. The summed E-state index contributed by atoms with van der Waals surface area (Å²) in [5.74, 6) is 0.0999. The van der Waals surface area contributed by atoms with Crippen molar-refractivity contribution in [2.75, 3.05) is 11.9 Å². The van der Waals surface area contributed by atoms with E-state index in [9.17, 15) is 13.2 Å². The van der Waals surface area contributed by atoms with Crippen LogP contribution >= 0.6 is 15.9 Å². The molecule has 132 valence electrons. The van der Waals surface area contributed by atoms with E-state index >= 15 is 0 Å². The van der Waals surface area contributed by atoms with Gasteiger partial charge in [-0.25, -0.2) is 13.1 Å². The second-order valence-corrected chi connectivity index (χ2v) is 8.86. The third-order valence-electron chi connectivity index (χ3n) is 4.08. The van der Waals surface area contributed by atoms with Crippen molar-refractivity contribution in [1.29, 1.82) is 0 Å². The monoisotopic (exact) mass is 422 g/mol. The van der Waals surface area contributed by atoms with Gasteiger partial charge in [0.15, 0.2) is 0 Å². The minimum atomic E-state index is -3.59. The van der Waals surface area contributed by atoms with Crippen LogP contribution in [0.2, 0.25) is 0 Å². The highest BCUT2D eigenvalue weighted by Gasteiger charge is 2.24. The Morgan fingerprint density at radius 1 is 1.20 bits per heavy atom. The third-order valence-corrected chi connectivity index (χ3v) is 6.39. The summed E-state index contributed by atoms with van der Waals surface area (Å²) >= 11 is 3.41. The molecule has 0 atom stereocenters. The molecule has 0 radical (unpaired) electrons. The maximum absolute atomic E-state index is 12.4. The van der Waals surface area contributed by atoms with Crippen molar-refractivity contribution < 1.29 is 13.2 Å². The number of rotatable bonds is 6. The van der Waals surface area contributed by atoms with E-state index in [1.165, 1.54) is 12.1 Å². The number of carbonyl (C=O) groups excluding carboxylic acids is 1. The predicted octanol–water partition coefficient (Wildman–Crippen LogP) is 3.70. The zero-order valence-corrected chi connectivity index (χ0v) is 16.2. The van der Waals surface area contributed by atoms with Crippen LogP contribution in [0.1, 0.15) is 28.8 Å². The third kappa shape index (κ3) is 4.68. The molecule has 0 unspecified atom stereocenters. The van der Waals surface area contributed by atoms with Gasteiger partial charge in [0, 0.05) is 22.3 Å². The highest BCUT2D eigenvalue weighted by molar-refractivity contribution is 9.10. The standard InChI is InChI=1S/C18H19BrN2O3S/c1-12-9-15(7-8-17(12)19)21-18(22)14-3-2-4-16(10-14)25(23,24)20-11-13-5-6-13/h2-4,7-10,13,20H,5-6,11H2,1H3,(H,21,22). The second-order valence-electron chi connectivity index (χ2n) is 6.24. The van der Waals surface area contributed by atoms with Crippen LogP contribution in [-0.2, 0) is 10.0 Å². The molecule has 5 nitrogen and oxygen atoms in total. The molecule has 25 heavy (non-hydrogen) atoms. The lowest BCUT2D eigenvalue weighted by Gasteiger charge is -2.09. The number of carbonyl (C=O) groups is 1. The molecular weight excluding hydrogens is 404 g/mol. The lowest BCUT2D eigenvalue weighted by molar-refractivity contribution is 0.102. The first-order chi connectivity index (χ1) is 11.8. The normalized spacial score (nSPS) is 14.3. The van der Waals surface area contributed by atoms with Gasteiger partial charge in [0.2, 0.25) is 10.0 Å². The van der Waals surface area contributed by atoms with Crippen LogP contribution in [0.15, 0.2) is 51.8 Å². The van der Waals surface area contributed by atoms with E-state index in [4.69, 9.17) is 0 Å². The summed E-state index contributed by atoms with van der Waals surface area (Å²) in [7, 11) is -3.59. The van der Waals surface area contributed by atoms with E-state index in [-0.39, 0.29) is 10.8 Å². The van der Waals surface area contributed by atoms with Gasteiger partial charge in [0.05, 0.1) is 4.90 Å². The number of nitrogens with one attached hydrogen (secondary N) is 2. The van der Waals surface area contributed by atoms with Gasteiger partial charge in [-0.05, 0) is 67.6 Å². The maximum atomic E-state index is 12.4. The molecule has 1 aliphatic carbocycles. The van der Waals surface area contributed by atoms with Crippen molar-refractivity contribution in [1.82, 2.24) is 4.72 Å². The molecule has 0 bridgehead atoms. The first-order valence-corrected chi connectivity index (χ1v) is 10.3. The molecule has 1 aliphatic rings. The topological polar surface area (TPSA) is 75.3 Å². The van der Waals surface area contributed by atoms with Gasteiger partial charge in [-0.2, -0.15) is 0 Å². The molecule has 2 aromatic rings. The SMILES string of the molecule is Cc1cc(NC(=O)c2cccc(S(=O)(=O)NCC3CC3)c2)ccc1Br. The van der Waals surface area contributed by atoms with Gasteiger partial charge in [-0.15, -0.1) is 0 Å². The Morgan fingerprint density at radius 3 is 2.64 bits per heavy atom. The van der Waals surface area contributed by atoms with Crippen LogP contribution in [0, 0.1) is 12.8 Å². The average molecular weight is 423 g/mol. The number of hydrogen-bond acceptors (Lipinski definition) is 3. The van der Waals surface area contributed by atoms with E-state index in [2.05, 4.69) is 26.0 Å². The van der Waals surface area contributed by atoms with Crippen LogP contribution in [0.3, 0.4) is 0 Å². The van der Waals surface area contributed by atoms with Crippen molar-refractivity contribution in [3.63, 3.8) is 0 Å². The minimum Gasteiger partial charge on any atom is -0.322 e. The van der Waals surface area contributed by atoms with Gasteiger partial charge in [0.1, 0.15) is 0 Å². The molecule has 7 heteroatoms. The summed E-state index contributed by atoms with van der Waals surface area (Å²) in [6.45, 7) is 2.38. The zero-order valence-electron chi connectivity index (χ0n) is 13.8. The fourth-order valence-corrected chi connectivity index (χ4v) is 3.77. The van der Waals surface area contributed by atoms with Crippen LogP contribution in [0.25, 0.3) is 0 Å². The maximum Gasteiger partial charge on any atom is 0.255 e. The first-order valence-electron chi connectivity index (χ1n) is 8.02. The van der Waals surface area contributed by atoms with E-state index < -0.39 is 10.0 Å². The van der Waals surface area contributed by atoms with Crippen LogP contribution < -0.4 is 10.0 Å². The molecular formula is C18H19BrN2O3S. The number of sulfonamides is 1. The number of halogens is 1. The van der Waals surface area contributed by atoms with Crippen LogP contribution in [-0.4, -0.2) is 20.9 Å². The average Bonchev–Trinajstić information content (AvgIpc) is 3.41. The van der Waals surface area contributed by atoms with Crippen molar-refractivity contribution >= 4 is 37.5 Å². The number of amides is 1. The Kier molecular flexibility index (Phi) is 5.27. The van der Waals surface area contributed by atoms with E-state index in [1.807, 2.05) is 19.1 Å². The quantitative estimate of drug-likeness (QED) is 0.744. The summed E-state index contributed by atoms with van der Waals surface area (Å²) in [5.41, 5.74) is 1.96. The Balaban J connectivity index is 1.75. The van der Waals surface area contributed by atoms with Crippen LogP contribution in [0.5, 0.6) is 0 Å². The Hall–Kier alpha value is -1.70. The number of benzene rings is 2. The molecule has 0 heterocycles. The Bertz CT molecular complexity index is 908. The second kappa shape index (κ2) is 7.27. The summed E-state index contributed by atoms with van der Waals surface area (Å²) in [5, 5.41) is 2.79. The molecule has 0 aromatic heterocycles. The zero-order chi connectivity index (χ0) is 18.0. The van der Waals surface area contributed by atoms with E-state index in [1.54, 1.807) is 18.2 Å². The van der Waals surface area contributed by atoms with E-state index in [0.29, 0.717) is 23.7 Å². The molecule has 0 aliphatic heterocycles. The van der Waals surface area contributed by atoms with Crippen molar-refractivity contribution in [3.05, 3.63) is 58.1 Å². The summed E-state index contributed by atoms with van der Waals surface area (Å²) in [6.07, 6.45) is 2.13. The Morgan fingerprint density at radius 2 is 1.96 bits per heavy atom. The predicted molar refractivity (Wildman–Crippen MR) is 101 cm³/mol. The minimum absolute atomic E-state index is 0.104. The smallest absolute Gasteiger partial charge is 0.255 e. The van der Waals surface area contributed by atoms with Crippen molar-refractivity contribution in [2.45, 2.75) is 24.7 Å².